The molecule has 1 heterocycles. The van der Waals surface area contributed by atoms with Crippen LogP contribution >= 0.6 is 0 Å². The minimum Gasteiger partial charge on any atom is -0.325 e. The smallest absolute Gasteiger partial charge is 0.254 e. The first kappa shape index (κ1) is 15.9. The molecule has 0 saturated heterocycles. The lowest BCUT2D eigenvalue weighted by Gasteiger charge is -2.09. The van der Waals surface area contributed by atoms with E-state index in [-0.39, 0.29) is 23.9 Å². The number of nitrogens with zero attached hydrogens (tertiary/aromatic N) is 2. The quantitative estimate of drug-likeness (QED) is 0.923. The van der Waals surface area contributed by atoms with Crippen LogP contribution in [0.25, 0.3) is 0 Å². The van der Waals surface area contributed by atoms with Crippen molar-refractivity contribution in [2.24, 2.45) is 0 Å². The molecule has 0 saturated carbocycles. The topological polar surface area (TPSA) is 64.0 Å². The molecular weight excluding hydrogens is 278 g/mol. The molecule has 0 spiro atoms. The van der Waals surface area contributed by atoms with Crippen LogP contribution in [0.4, 0.5) is 5.69 Å². The third kappa shape index (κ3) is 4.04. The van der Waals surface area contributed by atoms with Gasteiger partial charge in [-0.3, -0.25) is 14.2 Å². The number of hydrogen-bond acceptors (Lipinski definition) is 3. The van der Waals surface area contributed by atoms with Crippen LogP contribution in [0.2, 0.25) is 0 Å². The average Bonchev–Trinajstić information content (AvgIpc) is 2.50. The van der Waals surface area contributed by atoms with E-state index in [0.29, 0.717) is 0 Å². The lowest BCUT2D eigenvalue weighted by atomic mass is 10.1. The number of anilines is 1. The molecule has 0 atom stereocenters. The van der Waals surface area contributed by atoms with Crippen molar-refractivity contribution < 1.29 is 4.79 Å². The zero-order valence-electron chi connectivity index (χ0n) is 13.2. The molecular formula is C17H21N3O2. The summed E-state index contributed by atoms with van der Waals surface area (Å²) in [6.07, 6.45) is 2.38. The molecule has 5 heteroatoms. The maximum atomic E-state index is 12.0. The minimum absolute atomic E-state index is 0.0419. The van der Waals surface area contributed by atoms with Crippen LogP contribution in [0.1, 0.15) is 37.9 Å². The number of amides is 1. The molecule has 1 aromatic carbocycles. The first-order valence-corrected chi connectivity index (χ1v) is 7.44. The van der Waals surface area contributed by atoms with Crippen LogP contribution in [0.15, 0.2) is 41.5 Å². The molecule has 0 aliphatic carbocycles. The number of benzene rings is 1. The molecule has 1 aromatic heterocycles. The van der Waals surface area contributed by atoms with Gasteiger partial charge in [-0.15, -0.1) is 0 Å². The van der Waals surface area contributed by atoms with Gasteiger partial charge in [0, 0.05) is 11.8 Å². The number of aromatic nitrogens is 2. The first-order valence-electron chi connectivity index (χ1n) is 7.44. The second-order valence-corrected chi connectivity index (χ2v) is 5.53. The number of hydrogen-bond donors (Lipinski definition) is 1. The molecule has 0 radical (unpaired) electrons. The van der Waals surface area contributed by atoms with Gasteiger partial charge in [0.05, 0.1) is 12.0 Å². The lowest BCUT2D eigenvalue weighted by Crippen LogP contribution is -2.28. The maximum Gasteiger partial charge on any atom is 0.254 e. The molecule has 0 unspecified atom stereocenters. The van der Waals surface area contributed by atoms with Gasteiger partial charge in [-0.25, -0.2) is 4.98 Å². The maximum absolute atomic E-state index is 12.0. The SMILES string of the molecule is CCc1ccc(NC(=O)Cn2cnc(C(C)C)cc2=O)cc1. The van der Waals surface area contributed by atoms with Crippen molar-refractivity contribution in [3.05, 3.63) is 58.3 Å². The highest BCUT2D eigenvalue weighted by molar-refractivity contribution is 5.90. The van der Waals surface area contributed by atoms with Crippen LogP contribution in [0.5, 0.6) is 0 Å². The summed E-state index contributed by atoms with van der Waals surface area (Å²) in [5.74, 6) is -0.0568. The Labute approximate surface area is 130 Å². The van der Waals surface area contributed by atoms with E-state index in [4.69, 9.17) is 0 Å². The molecule has 2 rings (SSSR count). The molecule has 0 bridgehead atoms. The van der Waals surface area contributed by atoms with E-state index in [1.54, 1.807) is 0 Å². The fourth-order valence-corrected chi connectivity index (χ4v) is 2.05. The van der Waals surface area contributed by atoms with Crippen LogP contribution in [-0.2, 0) is 17.8 Å². The monoisotopic (exact) mass is 299 g/mol. The third-order valence-corrected chi connectivity index (χ3v) is 3.45. The van der Waals surface area contributed by atoms with Gasteiger partial charge >= 0.3 is 0 Å². The van der Waals surface area contributed by atoms with Gasteiger partial charge in [-0.1, -0.05) is 32.9 Å². The predicted molar refractivity (Wildman–Crippen MR) is 87.0 cm³/mol. The van der Waals surface area contributed by atoms with E-state index < -0.39 is 0 Å². The Morgan fingerprint density at radius 3 is 2.50 bits per heavy atom. The van der Waals surface area contributed by atoms with E-state index in [1.807, 2.05) is 38.1 Å². The van der Waals surface area contributed by atoms with E-state index in [1.165, 1.54) is 22.5 Å². The van der Waals surface area contributed by atoms with Crippen molar-refractivity contribution in [1.29, 1.82) is 0 Å². The van der Waals surface area contributed by atoms with Crippen LogP contribution in [0.3, 0.4) is 0 Å². The Kier molecular flexibility index (Phi) is 5.09. The molecule has 0 fully saturated rings. The number of carbonyl (C=O) groups is 1. The summed E-state index contributed by atoms with van der Waals surface area (Å²) in [4.78, 5) is 28.2. The predicted octanol–water partition coefficient (Wildman–Crippen LogP) is 2.57. The summed E-state index contributed by atoms with van der Waals surface area (Å²) in [6, 6.07) is 9.15. The van der Waals surface area contributed by atoms with Gasteiger partial charge in [0.2, 0.25) is 5.91 Å². The molecule has 1 amide bonds. The molecule has 1 N–H and O–H groups in total. The van der Waals surface area contributed by atoms with Crippen molar-refractivity contribution in [1.82, 2.24) is 9.55 Å². The Bertz CT molecular complexity index is 703. The van der Waals surface area contributed by atoms with Crippen molar-refractivity contribution in [3.8, 4) is 0 Å². The van der Waals surface area contributed by atoms with E-state index >= 15 is 0 Å². The average molecular weight is 299 g/mol. The van der Waals surface area contributed by atoms with Crippen LogP contribution < -0.4 is 10.9 Å². The molecule has 0 aliphatic rings. The molecule has 2 aromatic rings. The second-order valence-electron chi connectivity index (χ2n) is 5.53. The van der Waals surface area contributed by atoms with Crippen LogP contribution in [0, 0.1) is 0 Å². The molecule has 22 heavy (non-hydrogen) atoms. The van der Waals surface area contributed by atoms with E-state index in [2.05, 4.69) is 17.2 Å². The standard InChI is InChI=1S/C17H21N3O2/c1-4-13-5-7-14(8-6-13)19-16(21)10-20-11-18-15(12(2)3)9-17(20)22/h5-9,11-12H,4,10H2,1-3H3,(H,19,21). The van der Waals surface area contributed by atoms with Crippen molar-refractivity contribution in [2.75, 3.05) is 5.32 Å². The number of aryl methyl sites for hydroxylation is 1. The number of nitrogens with one attached hydrogen (secondary N) is 1. The summed E-state index contributed by atoms with van der Waals surface area (Å²) < 4.78 is 1.31. The van der Waals surface area contributed by atoms with E-state index in [9.17, 15) is 9.59 Å². The van der Waals surface area contributed by atoms with Gasteiger partial charge in [0.25, 0.3) is 5.56 Å². The second kappa shape index (κ2) is 7.02. The van der Waals surface area contributed by atoms with E-state index in [0.717, 1.165) is 17.8 Å². The van der Waals surface area contributed by atoms with Gasteiger partial charge < -0.3 is 5.32 Å². The summed E-state index contributed by atoms with van der Waals surface area (Å²) in [5, 5.41) is 2.78. The Morgan fingerprint density at radius 2 is 1.95 bits per heavy atom. The highest BCUT2D eigenvalue weighted by Crippen LogP contribution is 2.10. The fourth-order valence-electron chi connectivity index (χ4n) is 2.05. The lowest BCUT2D eigenvalue weighted by molar-refractivity contribution is -0.116. The normalized spacial score (nSPS) is 10.7. The third-order valence-electron chi connectivity index (χ3n) is 3.45. The van der Waals surface area contributed by atoms with Gasteiger partial charge in [-0.2, -0.15) is 0 Å². The van der Waals surface area contributed by atoms with Gasteiger partial charge in [0.15, 0.2) is 0 Å². The van der Waals surface area contributed by atoms with Crippen molar-refractivity contribution in [2.45, 2.75) is 39.7 Å². The summed E-state index contributed by atoms with van der Waals surface area (Å²) in [7, 11) is 0. The summed E-state index contributed by atoms with van der Waals surface area (Å²) >= 11 is 0. The molecule has 0 aliphatic heterocycles. The zero-order valence-corrected chi connectivity index (χ0v) is 13.2. The van der Waals surface area contributed by atoms with Gasteiger partial charge in [-0.05, 0) is 30.0 Å². The Morgan fingerprint density at radius 1 is 1.27 bits per heavy atom. The van der Waals surface area contributed by atoms with Crippen LogP contribution in [-0.4, -0.2) is 15.5 Å². The first-order chi connectivity index (χ1) is 10.5. The number of carbonyl (C=O) groups excluding carboxylic acids is 1. The largest absolute Gasteiger partial charge is 0.325 e. The molecule has 116 valence electrons. The highest BCUT2D eigenvalue weighted by Gasteiger charge is 2.08. The minimum atomic E-state index is -0.245. The number of rotatable bonds is 5. The fraction of sp³-hybridized carbons (Fsp3) is 0.353. The Balaban J connectivity index is 2.03. The van der Waals surface area contributed by atoms with Gasteiger partial charge in [0.1, 0.15) is 6.54 Å². The molecule has 5 nitrogen and oxygen atoms in total. The summed E-state index contributed by atoms with van der Waals surface area (Å²) in [6.45, 7) is 5.98. The highest BCUT2D eigenvalue weighted by atomic mass is 16.2. The van der Waals surface area contributed by atoms with Crippen molar-refractivity contribution in [3.63, 3.8) is 0 Å². The van der Waals surface area contributed by atoms with Crippen molar-refractivity contribution >= 4 is 11.6 Å². The Hall–Kier alpha value is -2.43. The zero-order chi connectivity index (χ0) is 16.1. The summed E-state index contributed by atoms with van der Waals surface area (Å²) in [5.41, 5.74) is 2.46.